The molecule has 4 nitrogen and oxygen atoms in total. The minimum absolute atomic E-state index is 0.761. The van der Waals surface area contributed by atoms with Crippen molar-refractivity contribution in [3.63, 3.8) is 0 Å². The van der Waals surface area contributed by atoms with Crippen molar-refractivity contribution in [1.29, 1.82) is 0 Å². The van der Waals surface area contributed by atoms with Crippen LogP contribution in [0.25, 0.3) is 0 Å². The molecule has 0 aromatic carbocycles. The Morgan fingerprint density at radius 1 is 1.27 bits per heavy atom. The van der Waals surface area contributed by atoms with Gasteiger partial charge in [0.1, 0.15) is 5.82 Å². The van der Waals surface area contributed by atoms with Gasteiger partial charge in [0.05, 0.1) is 5.69 Å². The van der Waals surface area contributed by atoms with E-state index in [-0.39, 0.29) is 0 Å². The van der Waals surface area contributed by atoms with Crippen LogP contribution in [0, 0.1) is 0 Å². The van der Waals surface area contributed by atoms with Crippen LogP contribution in [-0.2, 0) is 6.54 Å². The fourth-order valence-electron chi connectivity index (χ4n) is 0.769. The summed E-state index contributed by atoms with van der Waals surface area (Å²) in [5.74, 6) is 0.796. The molecule has 11 heavy (non-hydrogen) atoms. The Bertz CT molecular complexity index is 206. The highest BCUT2D eigenvalue weighted by atomic mass is 15.2. The maximum atomic E-state index is 3.96. The van der Waals surface area contributed by atoms with Gasteiger partial charge >= 0.3 is 0 Å². The molecule has 0 unspecified atom stereocenters. The summed E-state index contributed by atoms with van der Waals surface area (Å²) < 4.78 is 0. The standard InChI is InChI=1S/C7H12N4/c1-8-5-6-3-4-7(9-2)11-10-6/h3-4,8H,5H2,1-2H3,(H,9,11). The summed E-state index contributed by atoms with van der Waals surface area (Å²) in [5.41, 5.74) is 0.950. The quantitative estimate of drug-likeness (QED) is 0.651. The molecule has 4 heteroatoms. The van der Waals surface area contributed by atoms with Gasteiger partial charge in [0, 0.05) is 13.6 Å². The van der Waals surface area contributed by atoms with Gasteiger partial charge in [-0.2, -0.15) is 5.10 Å². The van der Waals surface area contributed by atoms with Gasteiger partial charge in [-0.1, -0.05) is 0 Å². The second-order valence-electron chi connectivity index (χ2n) is 2.19. The Labute approximate surface area is 66.0 Å². The van der Waals surface area contributed by atoms with E-state index in [2.05, 4.69) is 20.8 Å². The summed E-state index contributed by atoms with van der Waals surface area (Å²) in [5, 5.41) is 13.8. The third-order valence-corrected chi connectivity index (χ3v) is 1.33. The highest BCUT2D eigenvalue weighted by Crippen LogP contribution is 1.99. The van der Waals surface area contributed by atoms with Gasteiger partial charge in [0.25, 0.3) is 0 Å². The lowest BCUT2D eigenvalue weighted by Crippen LogP contribution is -2.08. The molecule has 0 aliphatic rings. The molecule has 0 spiro atoms. The average molecular weight is 152 g/mol. The van der Waals surface area contributed by atoms with E-state index >= 15 is 0 Å². The van der Waals surface area contributed by atoms with Gasteiger partial charge in [-0.25, -0.2) is 0 Å². The van der Waals surface area contributed by atoms with Crippen molar-refractivity contribution < 1.29 is 0 Å². The Hall–Kier alpha value is -1.16. The summed E-state index contributed by atoms with van der Waals surface area (Å²) in [7, 11) is 3.70. The molecular weight excluding hydrogens is 140 g/mol. The SMILES string of the molecule is CNCc1ccc(NC)nn1. The number of aromatic nitrogens is 2. The first-order chi connectivity index (χ1) is 5.36. The molecule has 0 bridgehead atoms. The van der Waals surface area contributed by atoms with Gasteiger partial charge in [-0.3, -0.25) is 0 Å². The molecule has 0 atom stereocenters. The van der Waals surface area contributed by atoms with Crippen molar-refractivity contribution in [2.45, 2.75) is 6.54 Å². The number of hydrogen-bond donors (Lipinski definition) is 2. The predicted octanol–water partition coefficient (Wildman–Crippen LogP) is 0.238. The molecule has 60 valence electrons. The number of nitrogens with zero attached hydrogens (tertiary/aromatic N) is 2. The van der Waals surface area contributed by atoms with E-state index in [0.29, 0.717) is 0 Å². The first-order valence-corrected chi connectivity index (χ1v) is 3.52. The van der Waals surface area contributed by atoms with Gasteiger partial charge < -0.3 is 10.6 Å². The lowest BCUT2D eigenvalue weighted by atomic mass is 10.4. The van der Waals surface area contributed by atoms with E-state index in [1.807, 2.05) is 26.2 Å². The third kappa shape index (κ3) is 2.16. The predicted molar refractivity (Wildman–Crippen MR) is 44.3 cm³/mol. The largest absolute Gasteiger partial charge is 0.372 e. The maximum absolute atomic E-state index is 3.96. The Kier molecular flexibility index (Phi) is 2.80. The molecule has 2 N–H and O–H groups in total. The lowest BCUT2D eigenvalue weighted by molar-refractivity contribution is 0.768. The molecule has 0 saturated heterocycles. The van der Waals surface area contributed by atoms with E-state index in [4.69, 9.17) is 0 Å². The first-order valence-electron chi connectivity index (χ1n) is 3.52. The molecule has 0 fully saturated rings. The van der Waals surface area contributed by atoms with Crippen molar-refractivity contribution in [3.05, 3.63) is 17.8 Å². The van der Waals surface area contributed by atoms with E-state index in [0.717, 1.165) is 18.1 Å². The summed E-state index contributed by atoms with van der Waals surface area (Å²) in [6.45, 7) is 0.761. The number of anilines is 1. The molecule has 1 aromatic heterocycles. The van der Waals surface area contributed by atoms with E-state index in [1.54, 1.807) is 0 Å². The molecule has 1 rings (SSSR count). The van der Waals surface area contributed by atoms with Gasteiger partial charge in [0.15, 0.2) is 0 Å². The van der Waals surface area contributed by atoms with Gasteiger partial charge in [-0.15, -0.1) is 5.10 Å². The number of rotatable bonds is 3. The average Bonchev–Trinajstić information content (AvgIpc) is 2.07. The van der Waals surface area contributed by atoms with E-state index < -0.39 is 0 Å². The van der Waals surface area contributed by atoms with Crippen LogP contribution in [0.1, 0.15) is 5.69 Å². The van der Waals surface area contributed by atoms with Crippen LogP contribution in [0.5, 0.6) is 0 Å². The zero-order chi connectivity index (χ0) is 8.10. The molecule has 0 saturated carbocycles. The minimum Gasteiger partial charge on any atom is -0.372 e. The van der Waals surface area contributed by atoms with Gasteiger partial charge in [0.2, 0.25) is 0 Å². The monoisotopic (exact) mass is 152 g/mol. The topological polar surface area (TPSA) is 49.8 Å². The van der Waals surface area contributed by atoms with Crippen LogP contribution >= 0.6 is 0 Å². The van der Waals surface area contributed by atoms with Crippen molar-refractivity contribution >= 4 is 5.82 Å². The molecular formula is C7H12N4. The van der Waals surface area contributed by atoms with Gasteiger partial charge in [-0.05, 0) is 19.2 Å². The number of nitrogens with one attached hydrogen (secondary N) is 2. The molecule has 1 heterocycles. The Morgan fingerprint density at radius 3 is 2.55 bits per heavy atom. The zero-order valence-electron chi connectivity index (χ0n) is 6.76. The molecule has 0 aliphatic heterocycles. The fourth-order valence-corrected chi connectivity index (χ4v) is 0.769. The third-order valence-electron chi connectivity index (χ3n) is 1.33. The van der Waals surface area contributed by atoms with Crippen LogP contribution in [0.2, 0.25) is 0 Å². The van der Waals surface area contributed by atoms with E-state index in [1.165, 1.54) is 0 Å². The Morgan fingerprint density at radius 2 is 2.09 bits per heavy atom. The van der Waals surface area contributed by atoms with Crippen molar-refractivity contribution in [2.75, 3.05) is 19.4 Å². The van der Waals surface area contributed by atoms with Crippen LogP contribution in [0.4, 0.5) is 5.82 Å². The molecule has 1 aromatic rings. The van der Waals surface area contributed by atoms with Crippen LogP contribution < -0.4 is 10.6 Å². The number of hydrogen-bond acceptors (Lipinski definition) is 4. The van der Waals surface area contributed by atoms with Crippen molar-refractivity contribution in [2.24, 2.45) is 0 Å². The normalized spacial score (nSPS) is 9.64. The van der Waals surface area contributed by atoms with Crippen LogP contribution in [0.15, 0.2) is 12.1 Å². The molecule has 0 amide bonds. The Balaban J connectivity index is 2.66. The van der Waals surface area contributed by atoms with E-state index in [9.17, 15) is 0 Å². The van der Waals surface area contributed by atoms with Crippen molar-refractivity contribution in [1.82, 2.24) is 15.5 Å². The summed E-state index contributed by atoms with van der Waals surface area (Å²) >= 11 is 0. The zero-order valence-corrected chi connectivity index (χ0v) is 6.76. The second-order valence-corrected chi connectivity index (χ2v) is 2.19. The highest BCUT2D eigenvalue weighted by Gasteiger charge is 1.92. The highest BCUT2D eigenvalue weighted by molar-refractivity contribution is 5.31. The minimum atomic E-state index is 0.761. The van der Waals surface area contributed by atoms with Crippen LogP contribution in [-0.4, -0.2) is 24.3 Å². The summed E-state index contributed by atoms with van der Waals surface area (Å²) in [4.78, 5) is 0. The second kappa shape index (κ2) is 3.88. The van der Waals surface area contributed by atoms with Crippen molar-refractivity contribution in [3.8, 4) is 0 Å². The molecule has 0 aliphatic carbocycles. The lowest BCUT2D eigenvalue weighted by Gasteiger charge is -1.99. The first kappa shape index (κ1) is 7.94. The fraction of sp³-hybridized carbons (Fsp3) is 0.429. The summed E-state index contributed by atoms with van der Waals surface area (Å²) in [6.07, 6.45) is 0. The maximum Gasteiger partial charge on any atom is 0.148 e. The summed E-state index contributed by atoms with van der Waals surface area (Å²) in [6, 6.07) is 3.84. The molecule has 0 radical (unpaired) electrons. The smallest absolute Gasteiger partial charge is 0.148 e. The van der Waals surface area contributed by atoms with Crippen LogP contribution in [0.3, 0.4) is 0 Å².